The lowest BCUT2D eigenvalue weighted by atomic mass is 9.65. The van der Waals surface area contributed by atoms with Crippen molar-refractivity contribution >= 4 is 0 Å². The molecule has 0 spiro atoms. The maximum atomic E-state index is 5.24. The van der Waals surface area contributed by atoms with Crippen molar-refractivity contribution in [1.82, 2.24) is 5.32 Å². The third-order valence-corrected chi connectivity index (χ3v) is 5.65. The molecular weight excluding hydrogens is 246 g/mol. The Labute approximate surface area is 123 Å². The highest BCUT2D eigenvalue weighted by Crippen LogP contribution is 2.43. The van der Waals surface area contributed by atoms with Crippen molar-refractivity contribution in [2.24, 2.45) is 17.8 Å². The monoisotopic (exact) mass is 275 g/mol. The summed E-state index contributed by atoms with van der Waals surface area (Å²) in [6.07, 6.45) is 15.2. The third kappa shape index (κ3) is 3.28. The minimum absolute atomic E-state index is 0.639. The van der Waals surface area contributed by atoms with E-state index in [1.54, 1.807) is 6.26 Å². The molecule has 0 bridgehead atoms. The average molecular weight is 275 g/mol. The molecule has 4 atom stereocenters. The summed E-state index contributed by atoms with van der Waals surface area (Å²) in [6, 6.07) is 2.76. The zero-order valence-electron chi connectivity index (χ0n) is 12.8. The summed E-state index contributed by atoms with van der Waals surface area (Å²) in [5, 5.41) is 3.74. The van der Waals surface area contributed by atoms with Crippen molar-refractivity contribution < 1.29 is 4.42 Å². The van der Waals surface area contributed by atoms with Gasteiger partial charge in [0.25, 0.3) is 0 Å². The van der Waals surface area contributed by atoms with Gasteiger partial charge in [0, 0.05) is 6.04 Å². The fourth-order valence-electron chi connectivity index (χ4n) is 4.61. The van der Waals surface area contributed by atoms with E-state index in [0.717, 1.165) is 30.7 Å². The first-order valence-corrected chi connectivity index (χ1v) is 8.61. The smallest absolute Gasteiger partial charge is 0.0935 e. The molecule has 2 fully saturated rings. The first kappa shape index (κ1) is 14.2. The summed E-state index contributed by atoms with van der Waals surface area (Å²) in [6.45, 7) is 3.31. The number of likely N-dealkylation sites (N-methyl/N-ethyl adjacent to an activating group) is 1. The van der Waals surface area contributed by atoms with Crippen LogP contribution in [0.2, 0.25) is 0 Å². The predicted molar refractivity (Wildman–Crippen MR) is 82.7 cm³/mol. The Morgan fingerprint density at radius 1 is 1.20 bits per heavy atom. The van der Waals surface area contributed by atoms with E-state index in [-0.39, 0.29) is 0 Å². The molecule has 0 amide bonds. The molecule has 0 aromatic carbocycles. The second-order valence-electron chi connectivity index (χ2n) is 6.88. The average Bonchev–Trinajstić information content (AvgIpc) is 2.99. The number of hydrogen-bond donors (Lipinski definition) is 1. The molecule has 1 aromatic heterocycles. The summed E-state index contributed by atoms with van der Waals surface area (Å²) < 4.78 is 5.24. The van der Waals surface area contributed by atoms with Crippen LogP contribution in [0.1, 0.15) is 57.4 Å². The SMILES string of the molecule is CCNC(Cc1ccoc1)C1CCC2CCCCC2C1. The van der Waals surface area contributed by atoms with Crippen LogP contribution >= 0.6 is 0 Å². The van der Waals surface area contributed by atoms with Crippen molar-refractivity contribution in [2.75, 3.05) is 6.54 Å². The molecule has 0 aliphatic heterocycles. The molecule has 4 unspecified atom stereocenters. The summed E-state index contributed by atoms with van der Waals surface area (Å²) in [5.41, 5.74) is 1.35. The second-order valence-corrected chi connectivity index (χ2v) is 6.88. The van der Waals surface area contributed by atoms with Crippen LogP contribution in [0.15, 0.2) is 23.0 Å². The Balaban J connectivity index is 1.62. The van der Waals surface area contributed by atoms with Crippen molar-refractivity contribution in [3.8, 4) is 0 Å². The molecule has 20 heavy (non-hydrogen) atoms. The zero-order valence-corrected chi connectivity index (χ0v) is 12.8. The lowest BCUT2D eigenvalue weighted by Gasteiger charge is -2.42. The first-order valence-electron chi connectivity index (χ1n) is 8.61. The van der Waals surface area contributed by atoms with E-state index in [9.17, 15) is 0 Å². The molecule has 0 radical (unpaired) electrons. The minimum atomic E-state index is 0.639. The van der Waals surface area contributed by atoms with Crippen LogP contribution in [0.3, 0.4) is 0 Å². The Kier molecular flexibility index (Phi) is 4.82. The number of fused-ring (bicyclic) bond motifs is 1. The highest BCUT2D eigenvalue weighted by Gasteiger charge is 2.35. The molecule has 1 N–H and O–H groups in total. The number of hydrogen-bond acceptors (Lipinski definition) is 2. The first-order chi connectivity index (χ1) is 9.86. The number of furan rings is 1. The highest BCUT2D eigenvalue weighted by molar-refractivity contribution is 5.08. The molecule has 1 heterocycles. The highest BCUT2D eigenvalue weighted by atomic mass is 16.3. The van der Waals surface area contributed by atoms with Gasteiger partial charge in [0.05, 0.1) is 12.5 Å². The van der Waals surface area contributed by atoms with E-state index in [1.165, 1.54) is 50.5 Å². The van der Waals surface area contributed by atoms with Crippen molar-refractivity contribution in [3.63, 3.8) is 0 Å². The van der Waals surface area contributed by atoms with Crippen LogP contribution in [-0.4, -0.2) is 12.6 Å². The molecule has 2 nitrogen and oxygen atoms in total. The lowest BCUT2D eigenvalue weighted by molar-refractivity contribution is 0.109. The Morgan fingerprint density at radius 2 is 2.05 bits per heavy atom. The Bertz CT molecular complexity index is 386. The summed E-state index contributed by atoms with van der Waals surface area (Å²) in [7, 11) is 0. The van der Waals surface area contributed by atoms with E-state index in [1.807, 2.05) is 6.26 Å². The van der Waals surface area contributed by atoms with Gasteiger partial charge in [-0.15, -0.1) is 0 Å². The fraction of sp³-hybridized carbons (Fsp3) is 0.778. The summed E-state index contributed by atoms with van der Waals surface area (Å²) in [5.74, 6) is 2.94. The molecular formula is C18H29NO. The van der Waals surface area contributed by atoms with Crippen molar-refractivity contribution in [3.05, 3.63) is 24.2 Å². The fourth-order valence-corrected chi connectivity index (χ4v) is 4.61. The predicted octanol–water partition coefficient (Wildman–Crippen LogP) is 4.41. The Hall–Kier alpha value is -0.760. The number of rotatable bonds is 5. The largest absolute Gasteiger partial charge is 0.472 e. The second kappa shape index (κ2) is 6.80. The van der Waals surface area contributed by atoms with Crippen LogP contribution in [0.5, 0.6) is 0 Å². The van der Waals surface area contributed by atoms with Gasteiger partial charge in [-0.1, -0.05) is 32.6 Å². The quantitative estimate of drug-likeness (QED) is 0.861. The van der Waals surface area contributed by atoms with Crippen LogP contribution in [0.25, 0.3) is 0 Å². The van der Waals surface area contributed by atoms with Crippen molar-refractivity contribution in [1.29, 1.82) is 0 Å². The van der Waals surface area contributed by atoms with Gasteiger partial charge in [0.1, 0.15) is 0 Å². The van der Waals surface area contributed by atoms with Gasteiger partial charge in [-0.25, -0.2) is 0 Å². The molecule has 2 heteroatoms. The van der Waals surface area contributed by atoms with Gasteiger partial charge < -0.3 is 9.73 Å². The number of nitrogens with one attached hydrogen (secondary N) is 1. The van der Waals surface area contributed by atoms with Crippen molar-refractivity contribution in [2.45, 2.75) is 64.3 Å². The van der Waals surface area contributed by atoms with Crippen LogP contribution in [0, 0.1) is 17.8 Å². The van der Waals surface area contributed by atoms with Crippen LogP contribution in [0.4, 0.5) is 0 Å². The van der Waals surface area contributed by atoms with E-state index in [0.29, 0.717) is 6.04 Å². The van der Waals surface area contributed by atoms with Crippen LogP contribution in [-0.2, 0) is 6.42 Å². The van der Waals surface area contributed by atoms with E-state index in [4.69, 9.17) is 4.42 Å². The maximum absolute atomic E-state index is 5.24. The van der Waals surface area contributed by atoms with Gasteiger partial charge >= 0.3 is 0 Å². The molecule has 2 saturated carbocycles. The van der Waals surface area contributed by atoms with Crippen LogP contribution < -0.4 is 5.32 Å². The summed E-state index contributed by atoms with van der Waals surface area (Å²) in [4.78, 5) is 0. The van der Waals surface area contributed by atoms with E-state index >= 15 is 0 Å². The molecule has 0 saturated heterocycles. The summed E-state index contributed by atoms with van der Waals surface area (Å²) >= 11 is 0. The Morgan fingerprint density at radius 3 is 2.80 bits per heavy atom. The topological polar surface area (TPSA) is 25.2 Å². The minimum Gasteiger partial charge on any atom is -0.472 e. The normalized spacial score (nSPS) is 31.8. The van der Waals surface area contributed by atoms with Gasteiger partial charge in [-0.3, -0.25) is 0 Å². The van der Waals surface area contributed by atoms with Gasteiger partial charge in [0.2, 0.25) is 0 Å². The zero-order chi connectivity index (χ0) is 13.8. The van der Waals surface area contributed by atoms with Gasteiger partial charge in [0.15, 0.2) is 0 Å². The molecule has 2 aliphatic rings. The molecule has 3 rings (SSSR count). The molecule has 1 aromatic rings. The lowest BCUT2D eigenvalue weighted by Crippen LogP contribution is -2.42. The van der Waals surface area contributed by atoms with Gasteiger partial charge in [-0.05, 0) is 61.6 Å². The molecule has 2 aliphatic carbocycles. The van der Waals surface area contributed by atoms with Gasteiger partial charge in [-0.2, -0.15) is 0 Å². The standard InChI is InChI=1S/C18H29NO/c1-2-19-18(11-14-9-10-20-13-14)17-8-7-15-5-3-4-6-16(15)12-17/h9-10,13,15-19H,2-8,11-12H2,1H3. The third-order valence-electron chi connectivity index (χ3n) is 5.65. The molecule has 112 valence electrons. The van der Waals surface area contributed by atoms with E-state index < -0.39 is 0 Å². The maximum Gasteiger partial charge on any atom is 0.0935 e. The van der Waals surface area contributed by atoms with E-state index in [2.05, 4.69) is 18.3 Å².